The maximum absolute atomic E-state index is 13.7. The summed E-state index contributed by atoms with van der Waals surface area (Å²) in [6.07, 6.45) is 1.59. The summed E-state index contributed by atoms with van der Waals surface area (Å²) in [5.41, 5.74) is -0.433. The van der Waals surface area contributed by atoms with E-state index in [-0.39, 0.29) is 51.0 Å². The Balaban J connectivity index is 2.39. The Bertz CT molecular complexity index is 1090. The zero-order chi connectivity index (χ0) is 31.9. The highest BCUT2D eigenvalue weighted by Gasteiger charge is 2.58. The van der Waals surface area contributed by atoms with Gasteiger partial charge in [0.15, 0.2) is 9.04 Å². The molecule has 2 saturated heterocycles. The van der Waals surface area contributed by atoms with Crippen molar-refractivity contribution in [2.45, 2.75) is 46.3 Å². The van der Waals surface area contributed by atoms with Crippen LogP contribution in [0.4, 0.5) is 9.59 Å². The molecule has 0 aromatic carbocycles. The second-order valence-corrected chi connectivity index (χ2v) is 14.4. The zero-order valence-electron chi connectivity index (χ0n) is 25.7. The van der Waals surface area contributed by atoms with Crippen LogP contribution in [0.25, 0.3) is 0 Å². The first kappa shape index (κ1) is 34.7. The molecule has 2 fully saturated rings. The number of carbonyl (C=O) groups excluding carboxylic acids is 6. The molecule has 0 spiro atoms. The summed E-state index contributed by atoms with van der Waals surface area (Å²) in [7, 11) is 1.56. The third kappa shape index (κ3) is 8.06. The van der Waals surface area contributed by atoms with Crippen LogP contribution < -0.4 is 0 Å². The Morgan fingerprint density at radius 3 is 2.12 bits per heavy atom. The topological polar surface area (TPSA) is 143 Å². The molecule has 2 aliphatic heterocycles. The van der Waals surface area contributed by atoms with Crippen molar-refractivity contribution in [3.63, 3.8) is 0 Å². The SMILES string of the molecule is C=CCOC(=O)C(=O)N1C(=O)[C@@H]([C@@H](CO[SiH](C)C)C(C)(C)C)[C@H]1CC(=O)C1CN(C(=O)OCC=C)N(C(=O)N(C)C)C1. The summed E-state index contributed by atoms with van der Waals surface area (Å²) in [5.74, 6) is -5.28. The molecule has 234 valence electrons. The molecule has 0 radical (unpaired) electrons. The van der Waals surface area contributed by atoms with Crippen LogP contribution in [0.2, 0.25) is 13.1 Å². The van der Waals surface area contributed by atoms with Crippen LogP contribution in [0.15, 0.2) is 25.3 Å². The van der Waals surface area contributed by atoms with Crippen molar-refractivity contribution < 1.29 is 42.7 Å². The quantitative estimate of drug-likeness (QED) is 0.113. The molecule has 14 heteroatoms. The van der Waals surface area contributed by atoms with E-state index in [4.69, 9.17) is 13.9 Å². The van der Waals surface area contributed by atoms with E-state index < -0.39 is 62.2 Å². The number of β-lactam (4-membered cyclic amide) rings is 1. The minimum atomic E-state index is -1.47. The summed E-state index contributed by atoms with van der Waals surface area (Å²) in [6, 6.07) is -1.46. The second-order valence-electron chi connectivity index (χ2n) is 11.9. The number of ether oxygens (including phenoxy) is 2. The minimum Gasteiger partial charge on any atom is -0.454 e. The van der Waals surface area contributed by atoms with Crippen molar-refractivity contribution >= 4 is 44.7 Å². The molecule has 1 unspecified atom stereocenters. The Kier molecular flexibility index (Phi) is 12.0. The average molecular weight is 609 g/mol. The van der Waals surface area contributed by atoms with E-state index in [1.165, 1.54) is 31.1 Å². The van der Waals surface area contributed by atoms with Gasteiger partial charge in [0.25, 0.3) is 0 Å². The number of urea groups is 1. The number of Topliss-reactive ketones (excluding diaryl/α,β-unsaturated/α-hetero) is 1. The molecule has 0 aromatic rings. The predicted octanol–water partition coefficient (Wildman–Crippen LogP) is 1.84. The van der Waals surface area contributed by atoms with Crippen molar-refractivity contribution in [1.82, 2.24) is 19.8 Å². The molecular weight excluding hydrogens is 564 g/mol. The first-order valence-electron chi connectivity index (χ1n) is 13.9. The van der Waals surface area contributed by atoms with Crippen LogP contribution in [0.1, 0.15) is 27.2 Å². The Hall–Kier alpha value is -3.52. The van der Waals surface area contributed by atoms with Gasteiger partial charge in [0, 0.05) is 27.1 Å². The Morgan fingerprint density at radius 2 is 1.60 bits per heavy atom. The fraction of sp³-hybridized carbons (Fsp3) is 0.643. The van der Waals surface area contributed by atoms with Crippen molar-refractivity contribution in [3.05, 3.63) is 25.3 Å². The number of rotatable bonds is 11. The molecule has 2 rings (SSSR count). The number of nitrogens with zero attached hydrogens (tertiary/aromatic N) is 4. The molecule has 0 aromatic heterocycles. The van der Waals surface area contributed by atoms with E-state index in [9.17, 15) is 28.8 Å². The summed E-state index contributed by atoms with van der Waals surface area (Å²) < 4.78 is 16.0. The highest BCUT2D eigenvalue weighted by atomic mass is 28.3. The Labute approximate surface area is 249 Å². The van der Waals surface area contributed by atoms with Gasteiger partial charge in [-0.1, -0.05) is 46.1 Å². The van der Waals surface area contributed by atoms with Gasteiger partial charge in [-0.15, -0.1) is 0 Å². The molecule has 2 aliphatic rings. The van der Waals surface area contributed by atoms with E-state index in [1.807, 2.05) is 33.9 Å². The number of hydrogen-bond donors (Lipinski definition) is 0. The highest BCUT2D eigenvalue weighted by Crippen LogP contribution is 2.44. The molecule has 42 heavy (non-hydrogen) atoms. The van der Waals surface area contributed by atoms with Crippen molar-refractivity contribution in [1.29, 1.82) is 0 Å². The molecule has 0 N–H and O–H groups in total. The molecule has 13 nitrogen and oxygen atoms in total. The predicted molar refractivity (Wildman–Crippen MR) is 155 cm³/mol. The van der Waals surface area contributed by atoms with E-state index in [2.05, 4.69) is 13.2 Å². The van der Waals surface area contributed by atoms with Gasteiger partial charge in [-0.3, -0.25) is 19.3 Å². The maximum Gasteiger partial charge on any atom is 0.429 e. The summed E-state index contributed by atoms with van der Waals surface area (Å²) in [5, 5.41) is 2.19. The number of carbonyl (C=O) groups is 6. The molecular formula is C28H44N4O9Si. The summed E-state index contributed by atoms with van der Waals surface area (Å²) in [4.78, 5) is 80.2. The largest absolute Gasteiger partial charge is 0.454 e. The minimum absolute atomic E-state index is 0.0850. The van der Waals surface area contributed by atoms with Crippen LogP contribution in [0.3, 0.4) is 0 Å². The Morgan fingerprint density at radius 1 is 1.02 bits per heavy atom. The monoisotopic (exact) mass is 608 g/mol. The van der Waals surface area contributed by atoms with Gasteiger partial charge in [0.05, 0.1) is 31.0 Å². The third-order valence-corrected chi connectivity index (χ3v) is 8.09. The van der Waals surface area contributed by atoms with Gasteiger partial charge in [0.2, 0.25) is 5.91 Å². The molecule has 5 amide bonds. The molecule has 0 bridgehead atoms. The molecule has 0 saturated carbocycles. The molecule has 4 atom stereocenters. The number of hydrogen-bond acceptors (Lipinski definition) is 9. The maximum atomic E-state index is 13.7. The first-order chi connectivity index (χ1) is 19.6. The standard InChI is InChI=1S/C28H44N4O9Si/c1-10-12-39-25(36)24(35)32-20(22(23(32)34)19(28(3,4)5)17-41-42(8)9)14-21(33)18-15-30(26(37)29(6)7)31(16-18)27(38)40-13-11-2/h10-11,18-20,22,42H,1-2,12-17H2,3-9H3/t18?,19-,20-,22+/m1/s1. The number of imide groups is 1. The van der Waals surface area contributed by atoms with E-state index >= 15 is 0 Å². The lowest BCUT2D eigenvalue weighted by atomic mass is 9.65. The zero-order valence-corrected chi connectivity index (χ0v) is 26.8. The fourth-order valence-corrected chi connectivity index (χ4v) is 5.59. The smallest absolute Gasteiger partial charge is 0.429 e. The van der Waals surface area contributed by atoms with Crippen LogP contribution in [-0.4, -0.2) is 118 Å². The first-order valence-corrected chi connectivity index (χ1v) is 16.7. The number of ketones is 1. The van der Waals surface area contributed by atoms with E-state index in [0.717, 1.165) is 14.9 Å². The molecule has 2 heterocycles. The van der Waals surface area contributed by atoms with Crippen LogP contribution in [0.5, 0.6) is 0 Å². The van der Waals surface area contributed by atoms with Gasteiger partial charge in [-0.2, -0.15) is 0 Å². The van der Waals surface area contributed by atoms with Crippen LogP contribution >= 0.6 is 0 Å². The van der Waals surface area contributed by atoms with Gasteiger partial charge < -0.3 is 18.8 Å². The van der Waals surface area contributed by atoms with E-state index in [1.54, 1.807) is 0 Å². The van der Waals surface area contributed by atoms with Crippen LogP contribution in [0, 0.1) is 23.2 Å². The number of hydrazine groups is 1. The lowest BCUT2D eigenvalue weighted by Crippen LogP contribution is -2.68. The van der Waals surface area contributed by atoms with Gasteiger partial charge in [0.1, 0.15) is 19.0 Å². The van der Waals surface area contributed by atoms with Crippen molar-refractivity contribution in [2.24, 2.45) is 23.2 Å². The lowest BCUT2D eigenvalue weighted by molar-refractivity contribution is -0.181. The second kappa shape index (κ2) is 14.6. The van der Waals surface area contributed by atoms with Gasteiger partial charge >= 0.3 is 24.0 Å². The van der Waals surface area contributed by atoms with E-state index in [0.29, 0.717) is 0 Å². The summed E-state index contributed by atoms with van der Waals surface area (Å²) in [6.45, 7) is 16.5. The molecule has 0 aliphatic carbocycles. The van der Waals surface area contributed by atoms with Crippen molar-refractivity contribution in [3.8, 4) is 0 Å². The number of likely N-dealkylation sites (tertiary alicyclic amines) is 1. The summed E-state index contributed by atoms with van der Waals surface area (Å²) >= 11 is 0. The van der Waals surface area contributed by atoms with Crippen LogP contribution in [-0.2, 0) is 33.1 Å². The average Bonchev–Trinajstić information content (AvgIpc) is 3.36. The van der Waals surface area contributed by atoms with Gasteiger partial charge in [-0.05, 0) is 24.4 Å². The van der Waals surface area contributed by atoms with Gasteiger partial charge in [-0.25, -0.2) is 24.4 Å². The fourth-order valence-electron chi connectivity index (χ4n) is 5.00. The van der Waals surface area contributed by atoms with Crippen molar-refractivity contribution in [2.75, 3.05) is 47.0 Å². The lowest BCUT2D eigenvalue weighted by Gasteiger charge is -2.51. The number of amides is 5. The highest BCUT2D eigenvalue weighted by molar-refractivity contribution is 6.48. The normalized spacial score (nSPS) is 21.0. The third-order valence-electron chi connectivity index (χ3n) is 7.23. The number of esters is 1.